The van der Waals surface area contributed by atoms with Gasteiger partial charge in [0.2, 0.25) is 5.91 Å². The SMILES string of the molecule is O=C(CCCCCN1C(=O)C=CC1=O)ON1C(=O)[CH-]CC1=O.[Na+]. The van der Waals surface area contributed by atoms with E-state index in [9.17, 15) is 24.0 Å². The van der Waals surface area contributed by atoms with Gasteiger partial charge in [0.25, 0.3) is 11.8 Å². The zero-order valence-corrected chi connectivity index (χ0v) is 14.8. The molecule has 0 N–H and O–H groups in total. The van der Waals surface area contributed by atoms with Crippen molar-refractivity contribution in [1.82, 2.24) is 9.96 Å². The van der Waals surface area contributed by atoms with E-state index in [-0.39, 0.29) is 54.2 Å². The smallest absolute Gasteiger partial charge is 0.333 e. The first kappa shape index (κ1) is 19.4. The van der Waals surface area contributed by atoms with Gasteiger partial charge in [0.1, 0.15) is 5.91 Å². The minimum atomic E-state index is -0.660. The summed E-state index contributed by atoms with van der Waals surface area (Å²) in [4.78, 5) is 62.3. The number of amides is 4. The van der Waals surface area contributed by atoms with Crippen LogP contribution in [0.1, 0.15) is 32.1 Å². The number of rotatable bonds is 7. The first-order chi connectivity index (χ1) is 10.5. The Balaban J connectivity index is 0.00000264. The van der Waals surface area contributed by atoms with Crippen molar-refractivity contribution >= 4 is 29.6 Å². The third kappa shape index (κ3) is 5.19. The maximum atomic E-state index is 11.5. The molecule has 2 heterocycles. The number of hydrogen-bond donors (Lipinski definition) is 0. The average Bonchev–Trinajstić information content (AvgIpc) is 2.96. The van der Waals surface area contributed by atoms with Gasteiger partial charge in [-0.25, -0.2) is 4.79 Å². The van der Waals surface area contributed by atoms with E-state index in [1.165, 1.54) is 12.2 Å². The molecule has 118 valence electrons. The molecule has 0 aromatic heterocycles. The van der Waals surface area contributed by atoms with E-state index in [1.54, 1.807) is 0 Å². The number of unbranched alkanes of at least 4 members (excludes halogenated alkanes) is 2. The van der Waals surface area contributed by atoms with Crippen LogP contribution < -0.4 is 29.6 Å². The van der Waals surface area contributed by atoms with Gasteiger partial charge < -0.3 is 9.63 Å². The summed E-state index contributed by atoms with van der Waals surface area (Å²) in [6, 6.07) is 0. The average molecular weight is 330 g/mol. The Kier molecular flexibility index (Phi) is 7.47. The Labute approximate surface area is 155 Å². The molecule has 0 aromatic rings. The summed E-state index contributed by atoms with van der Waals surface area (Å²) in [6.07, 6.45) is 5.24. The number of nitrogens with zero attached hydrogens (tertiary/aromatic N) is 2. The van der Waals surface area contributed by atoms with Crippen LogP contribution in [0.3, 0.4) is 0 Å². The number of carbonyl (C=O) groups is 5. The van der Waals surface area contributed by atoms with Gasteiger partial charge in [0.05, 0.1) is 0 Å². The fourth-order valence-corrected chi connectivity index (χ4v) is 2.07. The van der Waals surface area contributed by atoms with E-state index in [2.05, 4.69) is 4.84 Å². The fraction of sp³-hybridized carbons (Fsp3) is 0.429. The van der Waals surface area contributed by atoms with Crippen molar-refractivity contribution in [2.45, 2.75) is 32.1 Å². The van der Waals surface area contributed by atoms with E-state index in [4.69, 9.17) is 0 Å². The van der Waals surface area contributed by atoms with Crippen LogP contribution in [0.5, 0.6) is 0 Å². The molecule has 2 rings (SSSR count). The summed E-state index contributed by atoms with van der Waals surface area (Å²) < 4.78 is 0. The van der Waals surface area contributed by atoms with E-state index < -0.39 is 17.8 Å². The number of imide groups is 2. The van der Waals surface area contributed by atoms with Crippen LogP contribution in [-0.4, -0.2) is 46.1 Å². The molecule has 0 radical (unpaired) electrons. The van der Waals surface area contributed by atoms with Gasteiger partial charge in [-0.15, -0.1) is 5.06 Å². The molecular weight excluding hydrogens is 315 g/mol. The van der Waals surface area contributed by atoms with E-state index >= 15 is 0 Å². The Bertz CT molecular complexity index is 525. The van der Waals surface area contributed by atoms with Crippen LogP contribution in [0.15, 0.2) is 12.2 Å². The molecule has 4 amide bonds. The van der Waals surface area contributed by atoms with Crippen LogP contribution in [0.2, 0.25) is 0 Å². The predicted molar refractivity (Wildman–Crippen MR) is 71.2 cm³/mol. The second-order valence-electron chi connectivity index (χ2n) is 4.87. The molecule has 0 unspecified atom stereocenters. The summed E-state index contributed by atoms with van der Waals surface area (Å²) in [5.74, 6) is -2.50. The Morgan fingerprint density at radius 1 is 1.09 bits per heavy atom. The van der Waals surface area contributed by atoms with Crippen molar-refractivity contribution in [3.05, 3.63) is 18.6 Å². The minimum Gasteiger partial charge on any atom is -0.333 e. The summed E-state index contributed by atoms with van der Waals surface area (Å²) in [7, 11) is 0. The first-order valence-electron chi connectivity index (χ1n) is 6.93. The predicted octanol–water partition coefficient (Wildman–Crippen LogP) is -3.10. The third-order valence-corrected chi connectivity index (χ3v) is 3.23. The third-order valence-electron chi connectivity index (χ3n) is 3.23. The van der Waals surface area contributed by atoms with Gasteiger partial charge >= 0.3 is 35.5 Å². The maximum absolute atomic E-state index is 11.5. The molecule has 0 atom stereocenters. The van der Waals surface area contributed by atoms with Crippen molar-refractivity contribution in [3.8, 4) is 0 Å². The van der Waals surface area contributed by atoms with E-state index in [0.29, 0.717) is 30.9 Å². The summed E-state index contributed by atoms with van der Waals surface area (Å²) in [5, 5.41) is 0.468. The zero-order valence-electron chi connectivity index (χ0n) is 12.8. The molecule has 0 aliphatic carbocycles. The molecule has 9 heteroatoms. The van der Waals surface area contributed by atoms with Gasteiger partial charge in [-0.2, -0.15) is 0 Å². The van der Waals surface area contributed by atoms with Crippen molar-refractivity contribution in [1.29, 1.82) is 0 Å². The molecule has 1 fully saturated rings. The van der Waals surface area contributed by atoms with Crippen LogP contribution in [0, 0.1) is 6.42 Å². The fourth-order valence-electron chi connectivity index (χ4n) is 2.07. The molecule has 0 spiro atoms. The summed E-state index contributed by atoms with van der Waals surface area (Å²) in [6.45, 7) is 0.303. The Hall–Kier alpha value is -1.64. The Morgan fingerprint density at radius 3 is 2.30 bits per heavy atom. The monoisotopic (exact) mass is 330 g/mol. The molecule has 0 bridgehead atoms. The van der Waals surface area contributed by atoms with Crippen molar-refractivity contribution in [3.63, 3.8) is 0 Å². The van der Waals surface area contributed by atoms with Crippen LogP contribution in [-0.2, 0) is 28.8 Å². The quantitative estimate of drug-likeness (QED) is 0.212. The van der Waals surface area contributed by atoms with Gasteiger partial charge in [-0.3, -0.25) is 25.7 Å². The molecule has 0 aromatic carbocycles. The normalized spacial score (nSPS) is 16.7. The summed E-state index contributed by atoms with van der Waals surface area (Å²) >= 11 is 0. The molecular formula is C14H15N2NaO6. The van der Waals surface area contributed by atoms with Gasteiger partial charge in [-0.1, -0.05) is 12.8 Å². The molecule has 23 heavy (non-hydrogen) atoms. The van der Waals surface area contributed by atoms with Crippen molar-refractivity contribution < 1.29 is 58.4 Å². The molecule has 2 aliphatic heterocycles. The topological polar surface area (TPSA) is 101 Å². The number of carbonyl (C=O) groups excluding carboxylic acids is 5. The van der Waals surface area contributed by atoms with E-state index in [0.717, 1.165) is 11.3 Å². The second-order valence-corrected chi connectivity index (χ2v) is 4.87. The zero-order chi connectivity index (χ0) is 16.1. The molecule has 1 saturated heterocycles. The van der Waals surface area contributed by atoms with Gasteiger partial charge in [-0.05, 0) is 12.8 Å². The molecule has 0 saturated carbocycles. The standard InChI is InChI=1S/C14H15N2O6.Na/c17-10-5-6-11(18)15(10)9-3-1-2-4-14(21)22-16-12(19)7-8-13(16)20;/h5-7H,1-4,8-9H2;/q-1;+1. The van der Waals surface area contributed by atoms with Gasteiger partial charge in [0.15, 0.2) is 0 Å². The van der Waals surface area contributed by atoms with Crippen molar-refractivity contribution in [2.75, 3.05) is 6.54 Å². The number of hydrogen-bond acceptors (Lipinski definition) is 6. The van der Waals surface area contributed by atoms with E-state index in [1.807, 2.05) is 0 Å². The molecule has 8 nitrogen and oxygen atoms in total. The van der Waals surface area contributed by atoms with Gasteiger partial charge in [0, 0.05) is 25.1 Å². The second kappa shape index (κ2) is 8.85. The summed E-state index contributed by atoms with van der Waals surface area (Å²) in [5.41, 5.74) is 0. The van der Waals surface area contributed by atoms with Crippen molar-refractivity contribution in [2.24, 2.45) is 0 Å². The minimum absolute atomic E-state index is 0. The maximum Gasteiger partial charge on any atom is 1.00 e. The molecule has 2 aliphatic rings. The van der Waals surface area contributed by atoms with Crippen LogP contribution in [0.25, 0.3) is 0 Å². The largest absolute Gasteiger partial charge is 1.00 e. The Morgan fingerprint density at radius 2 is 1.74 bits per heavy atom. The first-order valence-corrected chi connectivity index (χ1v) is 6.93. The van der Waals surface area contributed by atoms with Crippen LogP contribution in [0.4, 0.5) is 0 Å². The van der Waals surface area contributed by atoms with Crippen LogP contribution >= 0.6 is 0 Å². The number of hydroxylamine groups is 2.